The lowest BCUT2D eigenvalue weighted by Gasteiger charge is -2.10. The lowest BCUT2D eigenvalue weighted by Crippen LogP contribution is -2.22. The average Bonchev–Trinajstić information content (AvgIpc) is 2.52. The van der Waals surface area contributed by atoms with Crippen LogP contribution < -0.4 is 15.6 Å². The molecule has 0 bridgehead atoms. The molecule has 0 aliphatic rings. The molecule has 0 radical (unpaired) electrons. The lowest BCUT2D eigenvalue weighted by molar-refractivity contribution is 0.180. The topological polar surface area (TPSA) is 76.4 Å². The summed E-state index contributed by atoms with van der Waals surface area (Å²) >= 11 is 5.91. The number of ether oxygens (including phenoxy) is 1. The van der Waals surface area contributed by atoms with Gasteiger partial charge in [-0.3, -0.25) is 4.79 Å². The molecule has 0 aliphatic heterocycles. The van der Waals surface area contributed by atoms with E-state index >= 15 is 0 Å². The molecule has 0 amide bonds. The van der Waals surface area contributed by atoms with Crippen molar-refractivity contribution in [1.29, 1.82) is 0 Å². The van der Waals surface area contributed by atoms with Crippen LogP contribution in [0.1, 0.15) is 0 Å². The highest BCUT2D eigenvalue weighted by Crippen LogP contribution is 2.21. The number of nitrogens with zero attached hydrogens (tertiary/aromatic N) is 2. The fourth-order valence-electron chi connectivity index (χ4n) is 2.06. The van der Waals surface area contributed by atoms with Crippen LogP contribution in [0, 0.1) is 0 Å². The SMILES string of the molecule is COc1cccc(Nc2nc3cc(Cl)ccc3c(=O)n2O)c1. The Labute approximate surface area is 130 Å². The van der Waals surface area contributed by atoms with Crippen molar-refractivity contribution in [3.05, 3.63) is 57.8 Å². The molecule has 3 aromatic rings. The maximum atomic E-state index is 12.1. The van der Waals surface area contributed by atoms with E-state index < -0.39 is 5.56 Å². The zero-order valence-corrected chi connectivity index (χ0v) is 12.3. The zero-order chi connectivity index (χ0) is 15.7. The van der Waals surface area contributed by atoms with Gasteiger partial charge >= 0.3 is 0 Å². The number of rotatable bonds is 3. The predicted octanol–water partition coefficient (Wildman–Crippen LogP) is 3.04. The normalized spacial score (nSPS) is 10.6. The molecule has 1 aromatic heterocycles. The van der Waals surface area contributed by atoms with Crippen molar-refractivity contribution in [3.8, 4) is 5.75 Å². The van der Waals surface area contributed by atoms with Gasteiger partial charge in [0.1, 0.15) is 5.75 Å². The number of benzene rings is 2. The molecule has 7 heteroatoms. The van der Waals surface area contributed by atoms with E-state index in [1.807, 2.05) is 0 Å². The number of fused-ring (bicyclic) bond motifs is 1. The van der Waals surface area contributed by atoms with Gasteiger partial charge in [-0.05, 0) is 30.3 Å². The molecule has 0 unspecified atom stereocenters. The number of hydrogen-bond donors (Lipinski definition) is 2. The molecule has 0 saturated heterocycles. The maximum absolute atomic E-state index is 12.1. The van der Waals surface area contributed by atoms with Gasteiger partial charge in [0.05, 0.1) is 18.0 Å². The Hall–Kier alpha value is -2.73. The Morgan fingerprint density at radius 1 is 1.27 bits per heavy atom. The van der Waals surface area contributed by atoms with Gasteiger partial charge in [0.15, 0.2) is 0 Å². The minimum absolute atomic E-state index is 0.00646. The molecule has 6 nitrogen and oxygen atoms in total. The van der Waals surface area contributed by atoms with Crippen LogP contribution in [-0.2, 0) is 0 Å². The monoisotopic (exact) mass is 317 g/mol. The maximum Gasteiger partial charge on any atom is 0.295 e. The van der Waals surface area contributed by atoms with Crippen LogP contribution in [0.2, 0.25) is 5.02 Å². The molecule has 2 N–H and O–H groups in total. The van der Waals surface area contributed by atoms with Gasteiger partial charge in [-0.1, -0.05) is 17.7 Å². The fourth-order valence-corrected chi connectivity index (χ4v) is 2.23. The summed E-state index contributed by atoms with van der Waals surface area (Å²) in [5, 5.41) is 13.6. The van der Waals surface area contributed by atoms with E-state index in [1.54, 1.807) is 43.5 Å². The van der Waals surface area contributed by atoms with E-state index in [4.69, 9.17) is 16.3 Å². The van der Waals surface area contributed by atoms with Crippen LogP contribution in [0.15, 0.2) is 47.3 Å². The Morgan fingerprint density at radius 2 is 2.09 bits per heavy atom. The molecule has 112 valence electrons. The van der Waals surface area contributed by atoms with E-state index in [0.29, 0.717) is 26.7 Å². The lowest BCUT2D eigenvalue weighted by atomic mass is 10.2. The van der Waals surface area contributed by atoms with Gasteiger partial charge in [0.25, 0.3) is 5.56 Å². The summed E-state index contributed by atoms with van der Waals surface area (Å²) in [5.74, 6) is 0.633. The third kappa shape index (κ3) is 2.56. The summed E-state index contributed by atoms with van der Waals surface area (Å²) < 4.78 is 5.59. The molecule has 0 spiro atoms. The van der Waals surface area contributed by atoms with Crippen LogP contribution in [-0.4, -0.2) is 22.0 Å². The molecule has 3 rings (SSSR count). The first-order valence-electron chi connectivity index (χ1n) is 6.41. The van der Waals surface area contributed by atoms with Gasteiger partial charge in [-0.15, -0.1) is 4.73 Å². The second-order valence-electron chi connectivity index (χ2n) is 4.57. The van der Waals surface area contributed by atoms with Gasteiger partial charge in [0, 0.05) is 16.8 Å². The smallest absolute Gasteiger partial charge is 0.295 e. The van der Waals surface area contributed by atoms with Gasteiger partial charge in [-0.25, -0.2) is 4.98 Å². The van der Waals surface area contributed by atoms with Crippen molar-refractivity contribution in [2.45, 2.75) is 0 Å². The number of hydrogen-bond acceptors (Lipinski definition) is 5. The van der Waals surface area contributed by atoms with Gasteiger partial charge in [-0.2, -0.15) is 0 Å². The number of halogens is 1. The first-order valence-corrected chi connectivity index (χ1v) is 6.79. The van der Waals surface area contributed by atoms with Crippen molar-refractivity contribution >= 4 is 34.1 Å². The molecule has 1 heterocycles. The molecule has 0 aliphatic carbocycles. The molecule has 2 aromatic carbocycles. The number of methoxy groups -OCH3 is 1. The largest absolute Gasteiger partial charge is 0.497 e. The minimum Gasteiger partial charge on any atom is -0.497 e. The fraction of sp³-hybridized carbons (Fsp3) is 0.0667. The van der Waals surface area contributed by atoms with E-state index in [1.165, 1.54) is 6.07 Å². The summed E-state index contributed by atoms with van der Waals surface area (Å²) in [4.78, 5) is 16.4. The number of nitrogens with one attached hydrogen (secondary N) is 1. The number of aromatic nitrogens is 2. The van der Waals surface area contributed by atoms with Crippen molar-refractivity contribution in [3.63, 3.8) is 0 Å². The molecule has 0 atom stereocenters. The Morgan fingerprint density at radius 3 is 2.86 bits per heavy atom. The highest BCUT2D eigenvalue weighted by atomic mass is 35.5. The zero-order valence-electron chi connectivity index (χ0n) is 11.6. The Balaban J connectivity index is 2.10. The first-order chi connectivity index (χ1) is 10.6. The van der Waals surface area contributed by atoms with E-state index in [9.17, 15) is 10.0 Å². The van der Waals surface area contributed by atoms with E-state index in [-0.39, 0.29) is 11.3 Å². The van der Waals surface area contributed by atoms with Crippen LogP contribution in [0.4, 0.5) is 11.6 Å². The molecular formula is C15H12ClN3O3. The molecule has 0 saturated carbocycles. The van der Waals surface area contributed by atoms with Gasteiger partial charge < -0.3 is 15.3 Å². The van der Waals surface area contributed by atoms with Crippen LogP contribution in [0.25, 0.3) is 10.9 Å². The summed E-state index contributed by atoms with van der Waals surface area (Å²) in [6.07, 6.45) is 0. The van der Waals surface area contributed by atoms with E-state index in [2.05, 4.69) is 10.3 Å². The highest BCUT2D eigenvalue weighted by molar-refractivity contribution is 6.31. The van der Waals surface area contributed by atoms with Crippen LogP contribution in [0.3, 0.4) is 0 Å². The summed E-state index contributed by atoms with van der Waals surface area (Å²) in [7, 11) is 1.55. The van der Waals surface area contributed by atoms with Crippen LogP contribution >= 0.6 is 11.6 Å². The van der Waals surface area contributed by atoms with Crippen molar-refractivity contribution in [1.82, 2.24) is 9.71 Å². The highest BCUT2D eigenvalue weighted by Gasteiger charge is 2.11. The predicted molar refractivity (Wildman–Crippen MR) is 84.5 cm³/mol. The van der Waals surface area contributed by atoms with Gasteiger partial charge in [0.2, 0.25) is 5.95 Å². The molecular weight excluding hydrogens is 306 g/mol. The average molecular weight is 318 g/mol. The second kappa shape index (κ2) is 5.57. The molecule has 22 heavy (non-hydrogen) atoms. The van der Waals surface area contributed by atoms with Crippen molar-refractivity contribution in [2.24, 2.45) is 0 Å². The first kappa shape index (κ1) is 14.2. The standard InChI is InChI=1S/C15H12ClN3O3/c1-22-11-4-2-3-10(8-11)17-15-18-13-7-9(16)5-6-12(13)14(20)19(15)21/h2-8,21H,1H3,(H,17,18). The van der Waals surface area contributed by atoms with E-state index in [0.717, 1.165) is 0 Å². The van der Waals surface area contributed by atoms with Crippen LogP contribution in [0.5, 0.6) is 5.75 Å². The Bertz CT molecular complexity index is 908. The Kier molecular flexibility index (Phi) is 3.60. The summed E-state index contributed by atoms with van der Waals surface area (Å²) in [6, 6.07) is 11.7. The minimum atomic E-state index is -0.577. The quantitative estimate of drug-likeness (QED) is 0.726. The van der Waals surface area contributed by atoms with Crippen molar-refractivity contribution in [2.75, 3.05) is 12.4 Å². The molecule has 0 fully saturated rings. The summed E-state index contributed by atoms with van der Waals surface area (Å²) in [6.45, 7) is 0. The third-order valence-electron chi connectivity index (χ3n) is 3.14. The second-order valence-corrected chi connectivity index (χ2v) is 5.01. The summed E-state index contributed by atoms with van der Waals surface area (Å²) in [5.41, 5.74) is 0.440. The number of anilines is 2. The third-order valence-corrected chi connectivity index (χ3v) is 3.37. The van der Waals surface area contributed by atoms with Crippen molar-refractivity contribution < 1.29 is 9.94 Å².